The van der Waals surface area contributed by atoms with Crippen molar-refractivity contribution in [3.63, 3.8) is 0 Å². The van der Waals surface area contributed by atoms with Crippen LogP contribution in [0.3, 0.4) is 0 Å². The minimum Gasteiger partial charge on any atom is -0.497 e. The van der Waals surface area contributed by atoms with Gasteiger partial charge in [0.2, 0.25) is 0 Å². The van der Waals surface area contributed by atoms with Gasteiger partial charge in [-0.3, -0.25) is 4.79 Å². The van der Waals surface area contributed by atoms with Crippen LogP contribution in [-0.4, -0.2) is 38.2 Å². The van der Waals surface area contributed by atoms with Crippen LogP contribution >= 0.6 is 11.3 Å². The summed E-state index contributed by atoms with van der Waals surface area (Å²) in [6.07, 6.45) is 2.04. The number of benzene rings is 1. The minimum atomic E-state index is -3.64. The molecule has 25 heavy (non-hydrogen) atoms. The van der Waals surface area contributed by atoms with Gasteiger partial charge in [-0.15, -0.1) is 11.3 Å². The van der Waals surface area contributed by atoms with Crippen LogP contribution in [0.4, 0.5) is 0 Å². The van der Waals surface area contributed by atoms with Crippen LogP contribution in [0, 0.1) is 0 Å². The number of hydrogen-bond donors (Lipinski definition) is 0. The first-order chi connectivity index (χ1) is 12.0. The number of carbonyl (C=O) groups is 1. The SMILES string of the molecule is CCc1ccc(S(=O)(=O)N2CCCC2C(=O)c2ccc(OC)cc2)s1. The van der Waals surface area contributed by atoms with Gasteiger partial charge < -0.3 is 4.74 Å². The fraction of sp³-hybridized carbons (Fsp3) is 0.389. The lowest BCUT2D eigenvalue weighted by atomic mass is 10.0. The first-order valence-corrected chi connectivity index (χ1v) is 10.5. The number of carbonyl (C=O) groups excluding carboxylic acids is 1. The zero-order valence-electron chi connectivity index (χ0n) is 14.3. The topological polar surface area (TPSA) is 63.7 Å². The quantitative estimate of drug-likeness (QED) is 0.722. The van der Waals surface area contributed by atoms with E-state index < -0.39 is 16.1 Å². The molecule has 1 aromatic carbocycles. The molecular weight excluding hydrogens is 358 g/mol. The van der Waals surface area contributed by atoms with E-state index in [-0.39, 0.29) is 5.78 Å². The maximum atomic E-state index is 13.0. The van der Waals surface area contributed by atoms with Gasteiger partial charge in [0.15, 0.2) is 5.78 Å². The lowest BCUT2D eigenvalue weighted by Crippen LogP contribution is -2.40. The monoisotopic (exact) mass is 379 g/mol. The Morgan fingerprint density at radius 3 is 2.56 bits per heavy atom. The summed E-state index contributed by atoms with van der Waals surface area (Å²) in [6, 6.07) is 9.65. The predicted molar refractivity (Wildman–Crippen MR) is 97.9 cm³/mol. The highest BCUT2D eigenvalue weighted by Crippen LogP contribution is 2.32. The zero-order valence-corrected chi connectivity index (χ0v) is 15.9. The Hall–Kier alpha value is -1.70. The number of nitrogens with zero attached hydrogens (tertiary/aromatic N) is 1. The van der Waals surface area contributed by atoms with E-state index in [0.29, 0.717) is 34.9 Å². The van der Waals surface area contributed by atoms with Crippen molar-refractivity contribution in [2.45, 2.75) is 36.4 Å². The Balaban J connectivity index is 1.87. The summed E-state index contributed by atoms with van der Waals surface area (Å²) in [5, 5.41) is 0. The van der Waals surface area contributed by atoms with Crippen LogP contribution in [0.25, 0.3) is 0 Å². The van der Waals surface area contributed by atoms with Crippen LogP contribution in [0.15, 0.2) is 40.6 Å². The lowest BCUT2D eigenvalue weighted by molar-refractivity contribution is 0.0918. The molecule has 1 aliphatic rings. The number of ether oxygens (including phenoxy) is 1. The van der Waals surface area contributed by atoms with E-state index in [1.54, 1.807) is 37.4 Å². The van der Waals surface area contributed by atoms with E-state index >= 15 is 0 Å². The van der Waals surface area contributed by atoms with Crippen molar-refractivity contribution in [1.29, 1.82) is 0 Å². The normalized spacial score (nSPS) is 18.4. The molecule has 2 heterocycles. The number of methoxy groups -OCH3 is 1. The molecule has 0 bridgehead atoms. The maximum Gasteiger partial charge on any atom is 0.253 e. The summed E-state index contributed by atoms with van der Waals surface area (Å²) in [5.74, 6) is 0.508. The molecule has 0 spiro atoms. The average Bonchev–Trinajstić information content (AvgIpc) is 3.30. The van der Waals surface area contributed by atoms with Crippen molar-refractivity contribution in [3.8, 4) is 5.75 Å². The lowest BCUT2D eigenvalue weighted by Gasteiger charge is -2.22. The van der Waals surface area contributed by atoms with Gasteiger partial charge in [-0.05, 0) is 55.7 Å². The van der Waals surface area contributed by atoms with E-state index in [1.807, 2.05) is 13.0 Å². The van der Waals surface area contributed by atoms with Crippen molar-refractivity contribution in [2.75, 3.05) is 13.7 Å². The molecule has 0 radical (unpaired) electrons. The second kappa shape index (κ2) is 7.27. The molecule has 0 amide bonds. The molecule has 0 N–H and O–H groups in total. The second-order valence-electron chi connectivity index (χ2n) is 5.94. The fourth-order valence-corrected chi connectivity index (χ4v) is 6.12. The number of sulfonamides is 1. The van der Waals surface area contributed by atoms with Crippen molar-refractivity contribution in [1.82, 2.24) is 4.31 Å². The standard InChI is InChI=1S/C18H21NO4S2/c1-3-15-10-11-17(24-15)25(21,22)19-12-4-5-16(19)18(20)13-6-8-14(23-2)9-7-13/h6-11,16H,3-5,12H2,1-2H3. The number of thiophene rings is 1. The molecule has 134 valence electrons. The molecule has 1 aromatic heterocycles. The number of hydrogen-bond acceptors (Lipinski definition) is 5. The van der Waals surface area contributed by atoms with Gasteiger partial charge in [0.1, 0.15) is 9.96 Å². The number of Topliss-reactive ketones (excluding diaryl/α,β-unsaturated/α-hetero) is 1. The van der Waals surface area contributed by atoms with Crippen molar-refractivity contribution < 1.29 is 17.9 Å². The Kier molecular flexibility index (Phi) is 5.27. The van der Waals surface area contributed by atoms with Gasteiger partial charge in [-0.2, -0.15) is 4.31 Å². The van der Waals surface area contributed by atoms with E-state index in [9.17, 15) is 13.2 Å². The summed E-state index contributed by atoms with van der Waals surface area (Å²) < 4.78 is 32.7. The molecule has 3 rings (SSSR count). The molecule has 1 fully saturated rings. The Bertz CT molecular complexity index is 855. The average molecular weight is 380 g/mol. The molecule has 0 saturated carbocycles. The van der Waals surface area contributed by atoms with Gasteiger partial charge in [-0.25, -0.2) is 8.42 Å². The zero-order chi connectivity index (χ0) is 18.0. The number of rotatable bonds is 6. The van der Waals surface area contributed by atoms with Crippen molar-refractivity contribution in [2.24, 2.45) is 0 Å². The number of aryl methyl sites for hydroxylation is 1. The third-order valence-electron chi connectivity index (χ3n) is 4.43. The van der Waals surface area contributed by atoms with E-state index in [2.05, 4.69) is 0 Å². The summed E-state index contributed by atoms with van der Waals surface area (Å²) in [6.45, 7) is 2.38. The molecule has 1 saturated heterocycles. The highest BCUT2D eigenvalue weighted by atomic mass is 32.2. The van der Waals surface area contributed by atoms with Crippen molar-refractivity contribution in [3.05, 3.63) is 46.8 Å². The smallest absolute Gasteiger partial charge is 0.253 e. The molecular formula is C18H21NO4S2. The van der Waals surface area contributed by atoms with Gasteiger partial charge in [0, 0.05) is 17.0 Å². The first-order valence-electron chi connectivity index (χ1n) is 8.26. The summed E-state index contributed by atoms with van der Waals surface area (Å²) >= 11 is 1.28. The Labute approximate surface area is 152 Å². The second-order valence-corrected chi connectivity index (χ2v) is 9.23. The fourth-order valence-electron chi connectivity index (χ4n) is 3.04. The van der Waals surface area contributed by atoms with Crippen LogP contribution in [0.1, 0.15) is 35.0 Å². The van der Waals surface area contributed by atoms with Gasteiger partial charge in [0.25, 0.3) is 10.0 Å². The largest absolute Gasteiger partial charge is 0.497 e. The predicted octanol–water partition coefficient (Wildman–Crippen LogP) is 3.36. The summed E-state index contributed by atoms with van der Waals surface area (Å²) in [5.41, 5.74) is 0.508. The maximum absolute atomic E-state index is 13.0. The Morgan fingerprint density at radius 1 is 1.24 bits per heavy atom. The molecule has 1 aliphatic heterocycles. The van der Waals surface area contributed by atoms with E-state index in [4.69, 9.17) is 4.74 Å². The van der Waals surface area contributed by atoms with Crippen molar-refractivity contribution >= 4 is 27.1 Å². The molecule has 0 aliphatic carbocycles. The van der Waals surface area contributed by atoms with Crippen LogP contribution in [0.2, 0.25) is 0 Å². The summed E-state index contributed by atoms with van der Waals surface area (Å²) in [7, 11) is -2.07. The van der Waals surface area contributed by atoms with Gasteiger partial charge >= 0.3 is 0 Å². The third kappa shape index (κ3) is 3.49. The van der Waals surface area contributed by atoms with Crippen LogP contribution in [-0.2, 0) is 16.4 Å². The highest BCUT2D eigenvalue weighted by Gasteiger charge is 2.40. The molecule has 5 nitrogen and oxygen atoms in total. The van der Waals surface area contributed by atoms with E-state index in [1.165, 1.54) is 15.6 Å². The van der Waals surface area contributed by atoms with Crippen LogP contribution in [0.5, 0.6) is 5.75 Å². The third-order valence-corrected chi connectivity index (χ3v) is 8.03. The molecule has 1 unspecified atom stereocenters. The number of ketones is 1. The molecule has 2 aromatic rings. The minimum absolute atomic E-state index is 0.156. The highest BCUT2D eigenvalue weighted by molar-refractivity contribution is 7.91. The molecule has 7 heteroatoms. The van der Waals surface area contributed by atoms with Gasteiger partial charge in [-0.1, -0.05) is 6.92 Å². The van der Waals surface area contributed by atoms with Gasteiger partial charge in [0.05, 0.1) is 13.2 Å². The molecule has 1 atom stereocenters. The Morgan fingerprint density at radius 2 is 1.96 bits per heavy atom. The van der Waals surface area contributed by atoms with E-state index in [0.717, 1.165) is 11.3 Å². The first kappa shape index (κ1) is 18.1. The summed E-state index contributed by atoms with van der Waals surface area (Å²) in [4.78, 5) is 13.9. The van der Waals surface area contributed by atoms with Crippen LogP contribution < -0.4 is 4.74 Å².